The van der Waals surface area contributed by atoms with Crippen LogP contribution in [0, 0.1) is 0 Å². The summed E-state index contributed by atoms with van der Waals surface area (Å²) in [6, 6.07) is -0.431. The first kappa shape index (κ1) is 7.47. The van der Waals surface area contributed by atoms with Crippen molar-refractivity contribution in [3.63, 3.8) is 0 Å². The third-order valence-electron chi connectivity index (χ3n) is 1.58. The predicted octanol–water partition coefficient (Wildman–Crippen LogP) is 0.207. The van der Waals surface area contributed by atoms with Crippen molar-refractivity contribution in [2.45, 2.75) is 25.2 Å². The maximum absolute atomic E-state index is 12.4. The summed E-state index contributed by atoms with van der Waals surface area (Å²) in [4.78, 5) is 10.7. The van der Waals surface area contributed by atoms with Gasteiger partial charge < -0.3 is 4.74 Å². The molecule has 1 rings (SSSR count). The monoisotopic (exact) mass is 147 g/mol. The highest BCUT2D eigenvalue weighted by atomic mass is 19.1. The van der Waals surface area contributed by atoms with E-state index in [4.69, 9.17) is 0 Å². The Hall–Kier alpha value is -0.640. The number of methoxy groups -OCH3 is 1. The molecule has 1 heterocycles. The number of carbonyl (C=O) groups is 1. The largest absolute Gasteiger partial charge is 0.468 e. The highest BCUT2D eigenvalue weighted by Gasteiger charge is 2.29. The molecule has 1 fully saturated rings. The zero-order chi connectivity index (χ0) is 7.56. The fraction of sp³-hybridized carbons (Fsp3) is 0.833. The van der Waals surface area contributed by atoms with Crippen LogP contribution in [0.3, 0.4) is 0 Å². The fourth-order valence-electron chi connectivity index (χ4n) is 1.03. The molecule has 1 aliphatic rings. The zero-order valence-corrected chi connectivity index (χ0v) is 5.76. The molecule has 2 atom stereocenters. The van der Waals surface area contributed by atoms with Gasteiger partial charge >= 0.3 is 5.97 Å². The minimum Gasteiger partial charge on any atom is -0.468 e. The van der Waals surface area contributed by atoms with Crippen LogP contribution in [0.2, 0.25) is 0 Å². The molecule has 10 heavy (non-hydrogen) atoms. The molecular formula is C6H10FNO2. The molecule has 0 aromatic heterocycles. The molecule has 0 aliphatic carbocycles. The van der Waals surface area contributed by atoms with E-state index in [1.165, 1.54) is 7.11 Å². The molecule has 0 saturated carbocycles. The number of hydrogen-bond acceptors (Lipinski definition) is 3. The highest BCUT2D eigenvalue weighted by molar-refractivity contribution is 5.75. The Kier molecular flexibility index (Phi) is 2.21. The van der Waals surface area contributed by atoms with Crippen LogP contribution in [0.1, 0.15) is 12.8 Å². The molecule has 1 saturated heterocycles. The SMILES string of the molecule is COC(=O)[C@H]1CC[C@@H](F)N1. The minimum atomic E-state index is -1.04. The molecule has 0 aromatic rings. The highest BCUT2D eigenvalue weighted by Crippen LogP contribution is 2.13. The number of nitrogens with one attached hydrogen (secondary N) is 1. The Balaban J connectivity index is 2.37. The number of rotatable bonds is 1. The Morgan fingerprint density at radius 2 is 2.40 bits per heavy atom. The van der Waals surface area contributed by atoms with Crippen LogP contribution in [-0.2, 0) is 9.53 Å². The molecule has 0 aromatic carbocycles. The number of ether oxygens (including phenoxy) is 1. The van der Waals surface area contributed by atoms with Crippen LogP contribution in [0.5, 0.6) is 0 Å². The van der Waals surface area contributed by atoms with Gasteiger partial charge in [-0.05, 0) is 12.8 Å². The summed E-state index contributed by atoms with van der Waals surface area (Å²) in [5.41, 5.74) is 0. The van der Waals surface area contributed by atoms with Gasteiger partial charge in [-0.3, -0.25) is 10.1 Å². The van der Waals surface area contributed by atoms with Gasteiger partial charge in [-0.25, -0.2) is 4.39 Å². The van der Waals surface area contributed by atoms with E-state index in [0.717, 1.165) is 0 Å². The lowest BCUT2D eigenvalue weighted by molar-refractivity contribution is -0.142. The van der Waals surface area contributed by atoms with Crippen LogP contribution >= 0.6 is 0 Å². The van der Waals surface area contributed by atoms with Gasteiger partial charge in [0.25, 0.3) is 0 Å². The maximum atomic E-state index is 12.4. The standard InChI is InChI=1S/C6H10FNO2/c1-10-6(9)4-2-3-5(7)8-4/h4-5,8H,2-3H2,1H3/t4-,5+/m1/s1. The molecule has 1 N–H and O–H groups in total. The van der Waals surface area contributed by atoms with Gasteiger partial charge in [0.15, 0.2) is 6.30 Å². The van der Waals surface area contributed by atoms with Crippen molar-refractivity contribution in [3.05, 3.63) is 0 Å². The normalized spacial score (nSPS) is 32.2. The van der Waals surface area contributed by atoms with E-state index in [1.54, 1.807) is 0 Å². The Morgan fingerprint density at radius 3 is 2.80 bits per heavy atom. The van der Waals surface area contributed by atoms with Gasteiger partial charge in [0.2, 0.25) is 0 Å². The quantitative estimate of drug-likeness (QED) is 0.425. The van der Waals surface area contributed by atoms with Crippen LogP contribution in [-0.4, -0.2) is 25.4 Å². The van der Waals surface area contributed by atoms with E-state index in [9.17, 15) is 9.18 Å². The van der Waals surface area contributed by atoms with Gasteiger partial charge in [0, 0.05) is 0 Å². The average Bonchev–Trinajstić information content (AvgIpc) is 2.34. The summed E-state index contributed by atoms with van der Waals surface area (Å²) in [7, 11) is 1.30. The van der Waals surface area contributed by atoms with Crippen LogP contribution in [0.25, 0.3) is 0 Å². The topological polar surface area (TPSA) is 38.3 Å². The number of carbonyl (C=O) groups excluding carboxylic acids is 1. The lowest BCUT2D eigenvalue weighted by Crippen LogP contribution is -2.34. The van der Waals surface area contributed by atoms with Crippen LogP contribution < -0.4 is 5.32 Å². The fourth-order valence-corrected chi connectivity index (χ4v) is 1.03. The van der Waals surface area contributed by atoms with Crippen molar-refractivity contribution in [1.82, 2.24) is 5.32 Å². The molecule has 1 aliphatic heterocycles. The summed E-state index contributed by atoms with van der Waals surface area (Å²) < 4.78 is 16.8. The molecule has 4 heteroatoms. The molecule has 0 unspecified atom stereocenters. The van der Waals surface area contributed by atoms with Crippen molar-refractivity contribution in [2.75, 3.05) is 7.11 Å². The van der Waals surface area contributed by atoms with E-state index >= 15 is 0 Å². The summed E-state index contributed by atoms with van der Waals surface area (Å²) in [5, 5.41) is 2.46. The van der Waals surface area contributed by atoms with Gasteiger partial charge in [-0.2, -0.15) is 0 Å². The lowest BCUT2D eigenvalue weighted by Gasteiger charge is -2.06. The smallest absolute Gasteiger partial charge is 0.322 e. The van der Waals surface area contributed by atoms with Gasteiger partial charge in [0.05, 0.1) is 7.11 Å². The first-order valence-electron chi connectivity index (χ1n) is 3.22. The van der Waals surface area contributed by atoms with Gasteiger partial charge in [-0.15, -0.1) is 0 Å². The molecular weight excluding hydrogens is 137 g/mol. The van der Waals surface area contributed by atoms with E-state index in [0.29, 0.717) is 12.8 Å². The van der Waals surface area contributed by atoms with E-state index in [-0.39, 0.29) is 5.97 Å². The second-order valence-corrected chi connectivity index (χ2v) is 2.29. The predicted molar refractivity (Wildman–Crippen MR) is 33.1 cm³/mol. The molecule has 0 spiro atoms. The van der Waals surface area contributed by atoms with Crippen molar-refractivity contribution in [1.29, 1.82) is 0 Å². The second-order valence-electron chi connectivity index (χ2n) is 2.29. The summed E-state index contributed by atoms with van der Waals surface area (Å²) in [5.74, 6) is -0.375. The molecule has 0 radical (unpaired) electrons. The van der Waals surface area contributed by atoms with Crippen molar-refractivity contribution >= 4 is 5.97 Å². The van der Waals surface area contributed by atoms with Crippen LogP contribution in [0.4, 0.5) is 4.39 Å². The average molecular weight is 147 g/mol. The van der Waals surface area contributed by atoms with Crippen molar-refractivity contribution in [2.24, 2.45) is 0 Å². The van der Waals surface area contributed by atoms with Crippen molar-refractivity contribution < 1.29 is 13.9 Å². The zero-order valence-electron chi connectivity index (χ0n) is 5.76. The first-order chi connectivity index (χ1) is 4.74. The second kappa shape index (κ2) is 2.96. The summed E-state index contributed by atoms with van der Waals surface area (Å²) in [6.07, 6.45) is -0.0998. The number of hydrogen-bond donors (Lipinski definition) is 1. The number of esters is 1. The third-order valence-corrected chi connectivity index (χ3v) is 1.58. The Morgan fingerprint density at radius 1 is 1.70 bits per heavy atom. The van der Waals surface area contributed by atoms with E-state index in [1.807, 2.05) is 0 Å². The summed E-state index contributed by atoms with van der Waals surface area (Å²) >= 11 is 0. The Labute approximate surface area is 58.5 Å². The number of halogens is 1. The lowest BCUT2D eigenvalue weighted by atomic mass is 10.2. The summed E-state index contributed by atoms with van der Waals surface area (Å²) in [6.45, 7) is 0. The van der Waals surface area contributed by atoms with Crippen LogP contribution in [0.15, 0.2) is 0 Å². The first-order valence-corrected chi connectivity index (χ1v) is 3.22. The molecule has 3 nitrogen and oxygen atoms in total. The number of alkyl halides is 1. The Bertz CT molecular complexity index is 140. The van der Waals surface area contributed by atoms with E-state index < -0.39 is 12.3 Å². The van der Waals surface area contributed by atoms with Crippen molar-refractivity contribution in [3.8, 4) is 0 Å². The maximum Gasteiger partial charge on any atom is 0.322 e. The van der Waals surface area contributed by atoms with E-state index in [2.05, 4.69) is 10.1 Å². The molecule has 0 amide bonds. The third kappa shape index (κ3) is 1.44. The minimum absolute atomic E-state index is 0.375. The molecule has 0 bridgehead atoms. The van der Waals surface area contributed by atoms with Gasteiger partial charge in [-0.1, -0.05) is 0 Å². The molecule has 58 valence electrons. The van der Waals surface area contributed by atoms with Gasteiger partial charge in [0.1, 0.15) is 6.04 Å².